The summed E-state index contributed by atoms with van der Waals surface area (Å²) in [4.78, 5) is 10.9. The monoisotopic (exact) mass is 478 g/mol. The van der Waals surface area contributed by atoms with Crippen LogP contribution in [0.2, 0.25) is 10.0 Å². The van der Waals surface area contributed by atoms with Crippen LogP contribution in [0.25, 0.3) is 0 Å². The largest absolute Gasteiger partial charge is 0.492 e. The number of aliphatic carboxylic acids is 1. The number of ether oxygens (including phenoxy) is 2. The summed E-state index contributed by atoms with van der Waals surface area (Å²) in [7, 11) is 0. The minimum Gasteiger partial charge on any atom is -0.492 e. The van der Waals surface area contributed by atoms with Gasteiger partial charge in [0.2, 0.25) is 0 Å². The molecule has 174 valence electrons. The number of rotatable bonds is 11. The van der Waals surface area contributed by atoms with Crippen molar-refractivity contribution in [1.29, 1.82) is 0 Å². The smallest absolute Gasteiger partial charge is 0.303 e. The lowest BCUT2D eigenvalue weighted by molar-refractivity contribution is -0.138. The van der Waals surface area contributed by atoms with Crippen molar-refractivity contribution in [3.63, 3.8) is 0 Å². The molecule has 2 aromatic rings. The van der Waals surface area contributed by atoms with Gasteiger partial charge in [-0.25, -0.2) is 0 Å². The van der Waals surface area contributed by atoms with Gasteiger partial charge in [0.25, 0.3) is 0 Å². The number of carboxylic acid groups (broad SMARTS) is 1. The summed E-state index contributed by atoms with van der Waals surface area (Å²) in [5.41, 5.74) is 1.99. The van der Waals surface area contributed by atoms with Crippen molar-refractivity contribution in [1.82, 2.24) is 0 Å². The number of hydrogen-bond acceptors (Lipinski definition) is 3. The molecular formula is C26H32Cl2O4. The first-order chi connectivity index (χ1) is 15.2. The molecule has 0 aliphatic carbocycles. The van der Waals surface area contributed by atoms with Crippen LogP contribution in [-0.2, 0) is 16.8 Å². The van der Waals surface area contributed by atoms with Gasteiger partial charge in [-0.05, 0) is 55.7 Å². The highest BCUT2D eigenvalue weighted by Crippen LogP contribution is 2.46. The van der Waals surface area contributed by atoms with E-state index in [4.69, 9.17) is 37.8 Å². The molecule has 32 heavy (non-hydrogen) atoms. The van der Waals surface area contributed by atoms with Gasteiger partial charge in [-0.1, -0.05) is 56.1 Å². The predicted molar refractivity (Wildman–Crippen MR) is 129 cm³/mol. The second-order valence-electron chi connectivity index (χ2n) is 9.15. The van der Waals surface area contributed by atoms with E-state index in [1.165, 1.54) is 5.56 Å². The van der Waals surface area contributed by atoms with E-state index >= 15 is 0 Å². The Hall–Kier alpha value is -1.91. The summed E-state index contributed by atoms with van der Waals surface area (Å²) < 4.78 is 12.1. The molecule has 6 heteroatoms. The summed E-state index contributed by atoms with van der Waals surface area (Å²) in [5.74, 6) is 1.55. The van der Waals surface area contributed by atoms with Gasteiger partial charge >= 0.3 is 5.97 Å². The molecule has 3 unspecified atom stereocenters. The molecule has 1 N–H and O–H groups in total. The molecule has 2 aromatic carbocycles. The Labute approximate surface area is 200 Å². The third-order valence-corrected chi connectivity index (χ3v) is 7.30. The summed E-state index contributed by atoms with van der Waals surface area (Å²) in [5, 5.41) is 10.2. The Bertz CT molecular complexity index is 925. The van der Waals surface area contributed by atoms with E-state index in [0.29, 0.717) is 29.2 Å². The molecule has 0 saturated carbocycles. The fourth-order valence-electron chi connectivity index (χ4n) is 4.65. The van der Waals surface area contributed by atoms with Crippen LogP contribution in [-0.4, -0.2) is 17.7 Å². The molecule has 1 aliphatic heterocycles. The molecule has 0 bridgehead atoms. The summed E-state index contributed by atoms with van der Waals surface area (Å²) in [6.07, 6.45) is 4.22. The molecule has 3 atom stereocenters. The predicted octanol–water partition coefficient (Wildman–Crippen LogP) is 7.53. The fraction of sp³-hybridized carbons (Fsp3) is 0.500. The SMILES string of the molecule is CCC1(CCC(C)CC(C)CC(=O)O)COc2cc(OCc3c(Cl)cccc3Cl)ccc21. The minimum atomic E-state index is -0.720. The molecule has 0 fully saturated rings. The normalized spacial score (nSPS) is 19.2. The summed E-state index contributed by atoms with van der Waals surface area (Å²) in [6.45, 7) is 7.40. The maximum absolute atomic E-state index is 10.9. The highest BCUT2D eigenvalue weighted by molar-refractivity contribution is 6.35. The highest BCUT2D eigenvalue weighted by atomic mass is 35.5. The van der Waals surface area contributed by atoms with Gasteiger partial charge in [-0.2, -0.15) is 0 Å². The molecule has 0 radical (unpaired) electrons. The van der Waals surface area contributed by atoms with E-state index < -0.39 is 5.97 Å². The summed E-state index contributed by atoms with van der Waals surface area (Å²) in [6, 6.07) is 11.5. The Morgan fingerprint density at radius 1 is 1.19 bits per heavy atom. The molecular weight excluding hydrogens is 447 g/mol. The van der Waals surface area contributed by atoms with E-state index in [0.717, 1.165) is 42.7 Å². The van der Waals surface area contributed by atoms with Crippen LogP contribution in [0.5, 0.6) is 11.5 Å². The summed E-state index contributed by atoms with van der Waals surface area (Å²) >= 11 is 12.5. The van der Waals surface area contributed by atoms with E-state index in [1.807, 2.05) is 25.1 Å². The van der Waals surface area contributed by atoms with Crippen LogP contribution >= 0.6 is 23.2 Å². The minimum absolute atomic E-state index is 0.00972. The average Bonchev–Trinajstić information content (AvgIpc) is 3.09. The first-order valence-electron chi connectivity index (χ1n) is 11.3. The van der Waals surface area contributed by atoms with Gasteiger partial charge in [-0.15, -0.1) is 0 Å². The van der Waals surface area contributed by atoms with E-state index in [9.17, 15) is 4.79 Å². The van der Waals surface area contributed by atoms with Crippen LogP contribution in [0.1, 0.15) is 64.0 Å². The van der Waals surface area contributed by atoms with Crippen molar-refractivity contribution < 1.29 is 19.4 Å². The number of fused-ring (bicyclic) bond motifs is 1. The van der Waals surface area contributed by atoms with Crippen LogP contribution < -0.4 is 9.47 Å². The molecule has 0 aromatic heterocycles. The lowest BCUT2D eigenvalue weighted by Gasteiger charge is -2.28. The van der Waals surface area contributed by atoms with Crippen molar-refractivity contribution in [2.24, 2.45) is 11.8 Å². The third kappa shape index (κ3) is 5.90. The first kappa shape index (κ1) is 24.7. The van der Waals surface area contributed by atoms with Gasteiger partial charge in [0.05, 0.1) is 6.61 Å². The molecule has 3 rings (SSSR count). The number of halogens is 2. The van der Waals surface area contributed by atoms with Crippen LogP contribution in [0.3, 0.4) is 0 Å². The number of carboxylic acids is 1. The van der Waals surface area contributed by atoms with Gasteiger partial charge in [-0.3, -0.25) is 4.79 Å². The Balaban J connectivity index is 1.64. The van der Waals surface area contributed by atoms with E-state index in [-0.39, 0.29) is 17.8 Å². The quantitative estimate of drug-likeness (QED) is 0.362. The van der Waals surface area contributed by atoms with E-state index in [1.54, 1.807) is 12.1 Å². The van der Waals surface area contributed by atoms with Crippen molar-refractivity contribution in [2.45, 2.75) is 64.9 Å². The lowest BCUT2D eigenvalue weighted by atomic mass is 9.74. The molecule has 1 heterocycles. The van der Waals surface area contributed by atoms with Crippen molar-refractivity contribution in [3.05, 3.63) is 57.6 Å². The highest BCUT2D eigenvalue weighted by Gasteiger charge is 2.39. The zero-order chi connectivity index (χ0) is 23.3. The van der Waals surface area contributed by atoms with Crippen molar-refractivity contribution in [3.8, 4) is 11.5 Å². The van der Waals surface area contributed by atoms with Gasteiger partial charge < -0.3 is 14.6 Å². The molecule has 0 spiro atoms. The van der Waals surface area contributed by atoms with Gasteiger partial charge in [0.15, 0.2) is 0 Å². The van der Waals surface area contributed by atoms with Crippen LogP contribution in [0.4, 0.5) is 0 Å². The van der Waals surface area contributed by atoms with Crippen LogP contribution in [0, 0.1) is 11.8 Å². The second kappa shape index (κ2) is 10.8. The van der Waals surface area contributed by atoms with Gasteiger partial charge in [0, 0.05) is 39.1 Å². The Kier molecular flexibility index (Phi) is 8.35. The molecule has 0 saturated heterocycles. The number of hydrogen-bond donors (Lipinski definition) is 1. The second-order valence-corrected chi connectivity index (χ2v) is 9.97. The third-order valence-electron chi connectivity index (χ3n) is 6.59. The fourth-order valence-corrected chi connectivity index (χ4v) is 5.16. The maximum atomic E-state index is 10.9. The standard InChI is InChI=1S/C26H32Cl2O4/c1-4-26(11-10-17(2)12-18(3)13-25(29)30)16-32-24-14-19(8-9-21(24)26)31-15-20-22(27)6-5-7-23(20)28/h5-9,14,17-18H,4,10-13,15-16H2,1-3H3,(H,29,30). The van der Waals surface area contributed by atoms with Crippen LogP contribution in [0.15, 0.2) is 36.4 Å². The zero-order valence-electron chi connectivity index (χ0n) is 19.0. The van der Waals surface area contributed by atoms with E-state index in [2.05, 4.69) is 19.9 Å². The van der Waals surface area contributed by atoms with Crippen molar-refractivity contribution in [2.75, 3.05) is 6.61 Å². The van der Waals surface area contributed by atoms with Crippen molar-refractivity contribution >= 4 is 29.2 Å². The Morgan fingerprint density at radius 2 is 1.91 bits per heavy atom. The van der Waals surface area contributed by atoms with Gasteiger partial charge in [0.1, 0.15) is 18.1 Å². The zero-order valence-corrected chi connectivity index (χ0v) is 20.5. The molecule has 4 nitrogen and oxygen atoms in total. The Morgan fingerprint density at radius 3 is 2.56 bits per heavy atom. The first-order valence-corrected chi connectivity index (χ1v) is 12.0. The number of benzene rings is 2. The maximum Gasteiger partial charge on any atom is 0.303 e. The average molecular weight is 479 g/mol. The lowest BCUT2D eigenvalue weighted by Crippen LogP contribution is -2.28. The molecule has 1 aliphatic rings. The molecule has 0 amide bonds. The number of carbonyl (C=O) groups is 1. The topological polar surface area (TPSA) is 55.8 Å².